The lowest BCUT2D eigenvalue weighted by atomic mass is 10.2. The molecule has 148 valence electrons. The normalized spacial score (nSPS) is 11.0. The molecule has 0 aliphatic rings. The molecular weight excluding hydrogens is 362 g/mol. The molecule has 0 atom stereocenters. The summed E-state index contributed by atoms with van der Waals surface area (Å²) in [7, 11) is 2.93. The maximum absolute atomic E-state index is 12.7. The lowest BCUT2D eigenvalue weighted by molar-refractivity contribution is -0.131. The van der Waals surface area contributed by atoms with Gasteiger partial charge in [0.25, 0.3) is 0 Å². The molecule has 0 aliphatic carbocycles. The number of carbonyl (C=O) groups excluding carboxylic acids is 2. The van der Waals surface area contributed by atoms with Gasteiger partial charge in [-0.15, -0.1) is 0 Å². The highest BCUT2D eigenvalue weighted by molar-refractivity contribution is 5.90. The molecule has 0 fully saturated rings. The van der Waals surface area contributed by atoms with Gasteiger partial charge in [0.1, 0.15) is 23.6 Å². The Morgan fingerprint density at radius 2 is 1.82 bits per heavy atom. The number of aromatic nitrogens is 2. The molecule has 0 N–H and O–H groups in total. The van der Waals surface area contributed by atoms with Crippen molar-refractivity contribution in [1.29, 1.82) is 0 Å². The van der Waals surface area contributed by atoms with E-state index >= 15 is 0 Å². The molecule has 3 rings (SSSR count). The van der Waals surface area contributed by atoms with Crippen LogP contribution in [0.25, 0.3) is 11.0 Å². The minimum atomic E-state index is -0.486. The molecule has 3 aromatic rings. The van der Waals surface area contributed by atoms with Crippen LogP contribution in [0.15, 0.2) is 39.5 Å². The number of esters is 1. The number of likely N-dealkylation sites (N-methyl/N-ethyl adjacent to an activating group) is 1. The molecule has 1 aromatic carbocycles. The van der Waals surface area contributed by atoms with Crippen LogP contribution in [0.4, 0.5) is 0 Å². The number of ether oxygens (including phenoxy) is 1. The SMILES string of the molecule is CCn1c(=O)n(CC(=O)N(C)Cc2cc(C(=O)OC)c(C)o2)c2ccccc21. The van der Waals surface area contributed by atoms with E-state index in [9.17, 15) is 14.4 Å². The van der Waals surface area contributed by atoms with Gasteiger partial charge in [-0.2, -0.15) is 0 Å². The number of para-hydroxylation sites is 2. The summed E-state index contributed by atoms with van der Waals surface area (Å²) in [4.78, 5) is 38.6. The van der Waals surface area contributed by atoms with Crippen molar-refractivity contribution in [3.8, 4) is 0 Å². The molecule has 0 aliphatic heterocycles. The van der Waals surface area contributed by atoms with Gasteiger partial charge in [-0.25, -0.2) is 9.59 Å². The number of furan rings is 1. The molecule has 1 amide bonds. The highest BCUT2D eigenvalue weighted by atomic mass is 16.5. The van der Waals surface area contributed by atoms with Crippen molar-refractivity contribution in [2.45, 2.75) is 33.5 Å². The van der Waals surface area contributed by atoms with Gasteiger partial charge in [0, 0.05) is 13.6 Å². The third-order valence-corrected chi connectivity index (χ3v) is 4.73. The maximum Gasteiger partial charge on any atom is 0.341 e. The summed E-state index contributed by atoms with van der Waals surface area (Å²) in [6.07, 6.45) is 0. The summed E-state index contributed by atoms with van der Waals surface area (Å²) < 4.78 is 13.4. The highest BCUT2D eigenvalue weighted by Gasteiger charge is 2.20. The predicted octanol–water partition coefficient (Wildman–Crippen LogP) is 2.17. The van der Waals surface area contributed by atoms with Crippen molar-refractivity contribution in [2.75, 3.05) is 14.2 Å². The van der Waals surface area contributed by atoms with Crippen molar-refractivity contribution in [1.82, 2.24) is 14.0 Å². The first-order valence-corrected chi connectivity index (χ1v) is 8.97. The molecule has 8 heteroatoms. The van der Waals surface area contributed by atoms with Crippen LogP contribution >= 0.6 is 0 Å². The van der Waals surface area contributed by atoms with E-state index in [4.69, 9.17) is 9.15 Å². The van der Waals surface area contributed by atoms with Crippen LogP contribution in [0.2, 0.25) is 0 Å². The second-order valence-corrected chi connectivity index (χ2v) is 6.53. The fourth-order valence-corrected chi connectivity index (χ4v) is 3.24. The van der Waals surface area contributed by atoms with Crippen molar-refractivity contribution in [2.24, 2.45) is 0 Å². The number of nitrogens with zero attached hydrogens (tertiary/aromatic N) is 3. The molecule has 0 spiro atoms. The maximum atomic E-state index is 12.7. The molecule has 8 nitrogen and oxygen atoms in total. The van der Waals surface area contributed by atoms with Gasteiger partial charge in [-0.05, 0) is 32.0 Å². The van der Waals surface area contributed by atoms with Crippen molar-refractivity contribution in [3.05, 3.63) is 57.9 Å². The fraction of sp³-hybridized carbons (Fsp3) is 0.350. The molecule has 28 heavy (non-hydrogen) atoms. The monoisotopic (exact) mass is 385 g/mol. The third kappa shape index (κ3) is 3.45. The van der Waals surface area contributed by atoms with Crippen LogP contribution in [0.1, 0.15) is 28.8 Å². The summed E-state index contributed by atoms with van der Waals surface area (Å²) >= 11 is 0. The van der Waals surface area contributed by atoms with E-state index in [2.05, 4.69) is 0 Å². The first-order valence-electron chi connectivity index (χ1n) is 8.97. The van der Waals surface area contributed by atoms with Gasteiger partial charge < -0.3 is 14.1 Å². The molecule has 0 saturated carbocycles. The van der Waals surface area contributed by atoms with Gasteiger partial charge in [-0.1, -0.05) is 12.1 Å². The Labute approximate surface area is 161 Å². The quantitative estimate of drug-likeness (QED) is 0.607. The summed E-state index contributed by atoms with van der Waals surface area (Å²) in [6.45, 7) is 4.18. The first kappa shape index (κ1) is 19.5. The smallest absolute Gasteiger partial charge is 0.341 e. The van der Waals surface area contributed by atoms with E-state index in [-0.39, 0.29) is 24.7 Å². The average molecular weight is 385 g/mol. The van der Waals surface area contributed by atoms with Crippen molar-refractivity contribution in [3.63, 3.8) is 0 Å². The third-order valence-electron chi connectivity index (χ3n) is 4.73. The van der Waals surface area contributed by atoms with Gasteiger partial charge in [-0.3, -0.25) is 13.9 Å². The fourth-order valence-electron chi connectivity index (χ4n) is 3.24. The number of hydrogen-bond donors (Lipinski definition) is 0. The number of imidazole rings is 1. The van der Waals surface area contributed by atoms with Gasteiger partial charge in [0.2, 0.25) is 5.91 Å². The number of aryl methyl sites for hydroxylation is 2. The van der Waals surface area contributed by atoms with Crippen LogP contribution in [-0.4, -0.2) is 40.1 Å². The van der Waals surface area contributed by atoms with E-state index in [1.807, 2.05) is 31.2 Å². The molecule has 0 unspecified atom stereocenters. The number of carbonyl (C=O) groups is 2. The summed E-state index contributed by atoms with van der Waals surface area (Å²) in [5, 5.41) is 0. The van der Waals surface area contributed by atoms with Crippen molar-refractivity contribution >= 4 is 22.9 Å². The van der Waals surface area contributed by atoms with E-state index in [1.165, 1.54) is 16.6 Å². The topological polar surface area (TPSA) is 86.7 Å². The first-order chi connectivity index (χ1) is 13.4. The summed E-state index contributed by atoms with van der Waals surface area (Å²) in [5.74, 6) is 0.178. The van der Waals surface area contributed by atoms with Crippen molar-refractivity contribution < 1.29 is 18.7 Å². The molecule has 0 saturated heterocycles. The predicted molar refractivity (Wildman–Crippen MR) is 103 cm³/mol. The van der Waals surface area contributed by atoms with E-state index < -0.39 is 5.97 Å². The van der Waals surface area contributed by atoms with E-state index in [1.54, 1.807) is 24.6 Å². The number of rotatable bonds is 6. The number of fused-ring (bicyclic) bond motifs is 1. The van der Waals surface area contributed by atoms with E-state index in [0.717, 1.165) is 11.0 Å². The zero-order valence-corrected chi connectivity index (χ0v) is 16.4. The van der Waals surface area contributed by atoms with Crippen LogP contribution < -0.4 is 5.69 Å². The van der Waals surface area contributed by atoms with Crippen LogP contribution in [0.5, 0.6) is 0 Å². The van der Waals surface area contributed by atoms with Crippen LogP contribution in [0.3, 0.4) is 0 Å². The zero-order valence-electron chi connectivity index (χ0n) is 16.4. The Hall–Kier alpha value is -3.29. The van der Waals surface area contributed by atoms with Gasteiger partial charge >= 0.3 is 11.7 Å². The second-order valence-electron chi connectivity index (χ2n) is 6.53. The number of amides is 1. The summed E-state index contributed by atoms with van der Waals surface area (Å²) in [5.41, 5.74) is 1.64. The minimum Gasteiger partial charge on any atom is -0.465 e. The Bertz CT molecular complexity index is 1090. The van der Waals surface area contributed by atoms with Gasteiger partial charge in [0.15, 0.2) is 0 Å². The van der Waals surface area contributed by atoms with Crippen LogP contribution in [0, 0.1) is 6.92 Å². The summed E-state index contributed by atoms with van der Waals surface area (Å²) in [6, 6.07) is 8.97. The molecule has 0 bridgehead atoms. The number of benzene rings is 1. The second kappa shape index (κ2) is 7.75. The molecule has 0 radical (unpaired) electrons. The molecule has 2 aromatic heterocycles. The minimum absolute atomic E-state index is 0.0770. The Kier molecular flexibility index (Phi) is 5.39. The Morgan fingerprint density at radius 3 is 2.43 bits per heavy atom. The lowest BCUT2D eigenvalue weighted by Gasteiger charge is -2.16. The molecular formula is C20H23N3O5. The van der Waals surface area contributed by atoms with Gasteiger partial charge in [0.05, 0.1) is 24.7 Å². The Balaban J connectivity index is 1.81. The molecule has 2 heterocycles. The largest absolute Gasteiger partial charge is 0.465 e. The van der Waals surface area contributed by atoms with E-state index in [0.29, 0.717) is 23.6 Å². The highest BCUT2D eigenvalue weighted by Crippen LogP contribution is 2.17. The standard InChI is InChI=1S/C20H23N3O5/c1-5-22-16-8-6-7-9-17(16)23(20(22)26)12-18(24)21(3)11-14-10-15(13(2)28-14)19(25)27-4/h6-10H,5,11-12H2,1-4H3. The number of hydrogen-bond acceptors (Lipinski definition) is 5. The Morgan fingerprint density at radius 1 is 1.18 bits per heavy atom. The zero-order chi connectivity index (χ0) is 20.4. The number of methoxy groups -OCH3 is 1. The lowest BCUT2D eigenvalue weighted by Crippen LogP contribution is -2.34. The van der Waals surface area contributed by atoms with Crippen LogP contribution in [-0.2, 0) is 29.2 Å². The average Bonchev–Trinajstić information content (AvgIpc) is 3.18.